The third-order valence-electron chi connectivity index (χ3n) is 4.60. The van der Waals surface area contributed by atoms with Gasteiger partial charge in [-0.25, -0.2) is 4.79 Å². The van der Waals surface area contributed by atoms with Crippen LogP contribution in [0.25, 0.3) is 0 Å². The van der Waals surface area contributed by atoms with Crippen LogP contribution in [0.15, 0.2) is 36.4 Å². The molecule has 3 rings (SSSR count). The maximum Gasteiger partial charge on any atom is 0.325 e. The number of rotatable bonds is 3. The Labute approximate surface area is 153 Å². The van der Waals surface area contributed by atoms with Gasteiger partial charge in [0.25, 0.3) is 0 Å². The zero-order chi connectivity index (χ0) is 18.7. The van der Waals surface area contributed by atoms with Gasteiger partial charge < -0.3 is 16.0 Å². The molecule has 1 aliphatic heterocycles. The van der Waals surface area contributed by atoms with Crippen molar-refractivity contribution in [1.29, 1.82) is 0 Å². The largest absolute Gasteiger partial charge is 0.398 e. The zero-order valence-corrected chi connectivity index (χ0v) is 15.1. The number of carbonyl (C=O) groups is 2. The number of amides is 3. The van der Waals surface area contributed by atoms with Crippen LogP contribution in [0.4, 0.5) is 21.9 Å². The molecule has 2 aromatic rings. The number of fused-ring (bicyclic) bond motifs is 1. The van der Waals surface area contributed by atoms with Crippen LogP contribution in [0.2, 0.25) is 0 Å². The number of hydrogen-bond acceptors (Lipinski definition) is 4. The molecule has 136 valence electrons. The molecule has 0 unspecified atom stereocenters. The van der Waals surface area contributed by atoms with Crippen LogP contribution < -0.4 is 21.3 Å². The van der Waals surface area contributed by atoms with Gasteiger partial charge in [-0.2, -0.15) is 0 Å². The zero-order valence-electron chi connectivity index (χ0n) is 15.1. The highest BCUT2D eigenvalue weighted by Crippen LogP contribution is 2.30. The molecule has 0 atom stereocenters. The predicted molar refractivity (Wildman–Crippen MR) is 104 cm³/mol. The molecule has 0 aliphatic carbocycles. The lowest BCUT2D eigenvalue weighted by Gasteiger charge is -2.31. The summed E-state index contributed by atoms with van der Waals surface area (Å²) in [5, 5.41) is 5.13. The van der Waals surface area contributed by atoms with E-state index in [9.17, 15) is 9.59 Å². The second kappa shape index (κ2) is 7.47. The van der Waals surface area contributed by atoms with Crippen molar-refractivity contribution < 1.29 is 9.59 Å². The summed E-state index contributed by atoms with van der Waals surface area (Å²) >= 11 is 0. The van der Waals surface area contributed by atoms with Crippen molar-refractivity contribution in [2.24, 2.45) is 0 Å². The minimum Gasteiger partial charge on any atom is -0.398 e. The molecule has 0 bridgehead atoms. The molecule has 6 heteroatoms. The molecular formula is C20H24N4O2. The minimum absolute atomic E-state index is 0.122. The van der Waals surface area contributed by atoms with E-state index in [4.69, 9.17) is 5.73 Å². The van der Waals surface area contributed by atoms with E-state index in [2.05, 4.69) is 10.6 Å². The molecule has 0 fully saturated rings. The normalized spacial score (nSPS) is 13.1. The molecule has 2 aromatic carbocycles. The molecule has 1 heterocycles. The molecule has 1 aliphatic rings. The highest BCUT2D eigenvalue weighted by Gasteiger charge is 2.21. The first-order valence-electron chi connectivity index (χ1n) is 8.74. The smallest absolute Gasteiger partial charge is 0.325 e. The Morgan fingerprint density at radius 1 is 1.19 bits per heavy atom. The van der Waals surface area contributed by atoms with E-state index in [0.29, 0.717) is 5.69 Å². The lowest BCUT2D eigenvalue weighted by molar-refractivity contribution is -0.118. The first-order valence-corrected chi connectivity index (χ1v) is 8.74. The number of nitrogens with two attached hydrogens (primary N) is 1. The fraction of sp³-hybridized carbons (Fsp3) is 0.300. The topological polar surface area (TPSA) is 87.5 Å². The number of carbonyl (C=O) groups excluding carboxylic acids is 2. The molecular weight excluding hydrogens is 328 g/mol. The maximum absolute atomic E-state index is 12.3. The van der Waals surface area contributed by atoms with E-state index in [0.717, 1.165) is 47.5 Å². The summed E-state index contributed by atoms with van der Waals surface area (Å²) in [6, 6.07) is 10.9. The van der Waals surface area contributed by atoms with E-state index in [1.807, 2.05) is 55.1 Å². The van der Waals surface area contributed by atoms with Gasteiger partial charge in [-0.15, -0.1) is 0 Å². The van der Waals surface area contributed by atoms with Gasteiger partial charge in [-0.05, 0) is 56.0 Å². The third kappa shape index (κ3) is 3.96. The van der Waals surface area contributed by atoms with Gasteiger partial charge in [-0.3, -0.25) is 10.1 Å². The Bertz CT molecular complexity index is 848. The number of imide groups is 1. The molecule has 6 nitrogen and oxygen atoms in total. The Morgan fingerprint density at radius 3 is 2.77 bits per heavy atom. The summed E-state index contributed by atoms with van der Waals surface area (Å²) in [4.78, 5) is 26.4. The van der Waals surface area contributed by atoms with Crippen LogP contribution in [0.3, 0.4) is 0 Å². The molecule has 3 amide bonds. The second-order valence-electron chi connectivity index (χ2n) is 6.69. The summed E-state index contributed by atoms with van der Waals surface area (Å²) in [5.41, 5.74) is 11.6. The van der Waals surface area contributed by atoms with Crippen molar-refractivity contribution in [2.45, 2.75) is 26.7 Å². The van der Waals surface area contributed by atoms with Crippen molar-refractivity contribution >= 4 is 29.0 Å². The molecule has 0 saturated heterocycles. The van der Waals surface area contributed by atoms with E-state index in [-0.39, 0.29) is 12.5 Å². The van der Waals surface area contributed by atoms with Crippen molar-refractivity contribution in [2.75, 3.05) is 29.0 Å². The van der Waals surface area contributed by atoms with Crippen molar-refractivity contribution in [3.63, 3.8) is 0 Å². The van der Waals surface area contributed by atoms with Crippen molar-refractivity contribution in [3.8, 4) is 0 Å². The van der Waals surface area contributed by atoms with Gasteiger partial charge in [0, 0.05) is 23.6 Å². The molecule has 0 aromatic heterocycles. The van der Waals surface area contributed by atoms with Crippen molar-refractivity contribution in [3.05, 3.63) is 53.1 Å². The van der Waals surface area contributed by atoms with Crippen LogP contribution in [-0.4, -0.2) is 25.0 Å². The lowest BCUT2D eigenvalue weighted by Crippen LogP contribution is -2.43. The highest BCUT2D eigenvalue weighted by molar-refractivity contribution is 6.02. The molecule has 0 radical (unpaired) electrons. The number of aryl methyl sites for hydroxylation is 2. The number of benzene rings is 2. The second-order valence-corrected chi connectivity index (χ2v) is 6.69. The van der Waals surface area contributed by atoms with Gasteiger partial charge in [0.2, 0.25) is 5.91 Å². The number of nitrogens with one attached hydrogen (secondary N) is 2. The van der Waals surface area contributed by atoms with Gasteiger partial charge in [0.05, 0.1) is 6.54 Å². The van der Waals surface area contributed by atoms with Crippen LogP contribution in [0, 0.1) is 13.8 Å². The summed E-state index contributed by atoms with van der Waals surface area (Å²) in [5.74, 6) is -0.345. The lowest BCUT2D eigenvalue weighted by atomic mass is 10.00. The summed E-state index contributed by atoms with van der Waals surface area (Å²) < 4.78 is 0. The number of nitrogens with zero attached hydrogens (tertiary/aromatic N) is 1. The maximum atomic E-state index is 12.3. The van der Waals surface area contributed by atoms with Gasteiger partial charge >= 0.3 is 6.03 Å². The monoisotopic (exact) mass is 352 g/mol. The molecule has 26 heavy (non-hydrogen) atoms. The first kappa shape index (κ1) is 17.8. The molecule has 4 N–H and O–H groups in total. The van der Waals surface area contributed by atoms with Crippen LogP contribution >= 0.6 is 0 Å². The average Bonchev–Trinajstić information content (AvgIpc) is 2.58. The average molecular weight is 352 g/mol. The van der Waals surface area contributed by atoms with Crippen LogP contribution in [0.5, 0.6) is 0 Å². The van der Waals surface area contributed by atoms with Crippen LogP contribution in [-0.2, 0) is 11.2 Å². The number of urea groups is 1. The van der Waals surface area contributed by atoms with E-state index in [1.165, 1.54) is 0 Å². The predicted octanol–water partition coefficient (Wildman–Crippen LogP) is 2.99. The Morgan fingerprint density at radius 2 is 2.00 bits per heavy atom. The molecule has 0 saturated carbocycles. The summed E-state index contributed by atoms with van der Waals surface area (Å²) in [6.07, 6.45) is 1.84. The summed E-state index contributed by atoms with van der Waals surface area (Å²) in [6.45, 7) is 4.79. The highest BCUT2D eigenvalue weighted by atomic mass is 16.2. The fourth-order valence-electron chi connectivity index (χ4n) is 3.34. The van der Waals surface area contributed by atoms with Gasteiger partial charge in [-0.1, -0.05) is 23.8 Å². The standard InChI is InChI=1S/C20H24N4O2/c1-13-8-9-17(14(2)11-13)22-20(26)23-19(25)12-24-10-4-5-15-16(21)6-3-7-18(15)24/h3,6-9,11H,4-5,10,12,21H2,1-2H3,(H2,22,23,25,26). The van der Waals surface area contributed by atoms with E-state index >= 15 is 0 Å². The van der Waals surface area contributed by atoms with Crippen molar-refractivity contribution in [1.82, 2.24) is 5.32 Å². The van der Waals surface area contributed by atoms with Crippen LogP contribution in [0.1, 0.15) is 23.1 Å². The number of nitrogen functional groups attached to an aromatic ring is 1. The van der Waals surface area contributed by atoms with E-state index < -0.39 is 6.03 Å². The Hall–Kier alpha value is -3.02. The van der Waals surface area contributed by atoms with E-state index in [1.54, 1.807) is 0 Å². The SMILES string of the molecule is Cc1ccc(NC(=O)NC(=O)CN2CCCc3c(N)cccc32)c(C)c1. The Balaban J connectivity index is 1.61. The molecule has 0 spiro atoms. The number of anilines is 3. The van der Waals surface area contributed by atoms with Gasteiger partial charge in [0.15, 0.2) is 0 Å². The first-order chi connectivity index (χ1) is 12.4. The summed E-state index contributed by atoms with van der Waals surface area (Å²) in [7, 11) is 0. The quantitative estimate of drug-likeness (QED) is 0.741. The number of hydrogen-bond donors (Lipinski definition) is 3. The minimum atomic E-state index is -0.522. The van der Waals surface area contributed by atoms with Gasteiger partial charge in [0.1, 0.15) is 0 Å². The third-order valence-corrected chi connectivity index (χ3v) is 4.60. The Kier molecular flexibility index (Phi) is 5.11. The fourth-order valence-corrected chi connectivity index (χ4v) is 3.34.